The maximum absolute atomic E-state index is 10.9. The maximum Gasteiger partial charge on any atom is 0.308 e. The van der Waals surface area contributed by atoms with E-state index in [0.717, 1.165) is 25.1 Å². The fourth-order valence-corrected chi connectivity index (χ4v) is 1.97. The van der Waals surface area contributed by atoms with E-state index < -0.39 is 5.97 Å². The zero-order valence-corrected chi connectivity index (χ0v) is 10.9. The second kappa shape index (κ2) is 7.35. The number of rotatable bonds is 2. The molecule has 2 rings (SSSR count). The van der Waals surface area contributed by atoms with Crippen LogP contribution in [0.2, 0.25) is 0 Å². The van der Waals surface area contributed by atoms with Crippen molar-refractivity contribution in [2.24, 2.45) is 5.92 Å². The van der Waals surface area contributed by atoms with Gasteiger partial charge in [0.2, 0.25) is 0 Å². The monoisotopic (exact) mass is 278 g/mol. The SMILES string of the molecule is Cl.Cl.O=C(O)C1CCCN(c2ccncc2)C1. The van der Waals surface area contributed by atoms with Gasteiger partial charge in [0.1, 0.15) is 0 Å². The van der Waals surface area contributed by atoms with Crippen molar-refractivity contribution in [3.05, 3.63) is 24.5 Å². The molecule has 1 aliphatic rings. The molecule has 0 bridgehead atoms. The molecule has 0 aromatic carbocycles. The smallest absolute Gasteiger partial charge is 0.308 e. The Bertz CT molecular complexity index is 349. The summed E-state index contributed by atoms with van der Waals surface area (Å²) >= 11 is 0. The van der Waals surface area contributed by atoms with Crippen LogP contribution < -0.4 is 4.90 Å². The van der Waals surface area contributed by atoms with Gasteiger partial charge in [0.25, 0.3) is 0 Å². The first-order chi connectivity index (χ1) is 7.27. The molecular weight excluding hydrogens is 263 g/mol. The standard InChI is InChI=1S/C11H14N2O2.2ClH/c14-11(15)9-2-1-7-13(8-9)10-3-5-12-6-4-10;;/h3-6,9H,1-2,7-8H2,(H,14,15);2*1H. The fraction of sp³-hybridized carbons (Fsp3) is 0.455. The molecule has 4 nitrogen and oxygen atoms in total. The molecule has 1 saturated heterocycles. The maximum atomic E-state index is 10.9. The summed E-state index contributed by atoms with van der Waals surface area (Å²) in [5, 5.41) is 8.96. The Morgan fingerprint density at radius 2 is 2.00 bits per heavy atom. The molecule has 96 valence electrons. The topological polar surface area (TPSA) is 53.4 Å². The summed E-state index contributed by atoms with van der Waals surface area (Å²) in [6, 6.07) is 3.84. The minimum Gasteiger partial charge on any atom is -0.481 e. The molecule has 0 radical (unpaired) electrons. The van der Waals surface area contributed by atoms with Gasteiger partial charge in [-0.2, -0.15) is 0 Å². The predicted octanol–water partition coefficient (Wildman–Crippen LogP) is 2.23. The number of carboxylic acid groups (broad SMARTS) is 1. The number of hydrogen-bond donors (Lipinski definition) is 1. The highest BCUT2D eigenvalue weighted by molar-refractivity contribution is 5.85. The van der Waals surface area contributed by atoms with E-state index in [0.29, 0.717) is 6.54 Å². The molecule has 0 aliphatic carbocycles. The Kier molecular flexibility index (Phi) is 6.92. The van der Waals surface area contributed by atoms with Crippen LogP contribution in [0.25, 0.3) is 0 Å². The number of carbonyl (C=O) groups is 1. The van der Waals surface area contributed by atoms with Crippen LogP contribution in [0.15, 0.2) is 24.5 Å². The van der Waals surface area contributed by atoms with E-state index in [1.807, 2.05) is 12.1 Å². The largest absolute Gasteiger partial charge is 0.481 e. The van der Waals surface area contributed by atoms with Crippen molar-refractivity contribution in [1.82, 2.24) is 4.98 Å². The molecule has 1 N–H and O–H groups in total. The molecular formula is C11H16Cl2N2O2. The van der Waals surface area contributed by atoms with Gasteiger partial charge in [0.15, 0.2) is 0 Å². The van der Waals surface area contributed by atoms with Crippen LogP contribution in [0.5, 0.6) is 0 Å². The second-order valence-electron chi connectivity index (χ2n) is 3.83. The second-order valence-corrected chi connectivity index (χ2v) is 3.83. The molecule has 2 heterocycles. The predicted molar refractivity (Wildman–Crippen MR) is 71.3 cm³/mol. The molecule has 17 heavy (non-hydrogen) atoms. The average Bonchev–Trinajstić information content (AvgIpc) is 2.30. The van der Waals surface area contributed by atoms with Crippen molar-refractivity contribution >= 4 is 36.5 Å². The number of hydrogen-bond acceptors (Lipinski definition) is 3. The van der Waals surface area contributed by atoms with Gasteiger partial charge in [-0.3, -0.25) is 9.78 Å². The minimum atomic E-state index is -0.686. The van der Waals surface area contributed by atoms with Crippen molar-refractivity contribution in [3.8, 4) is 0 Å². The number of pyridine rings is 1. The average molecular weight is 279 g/mol. The lowest BCUT2D eigenvalue weighted by Gasteiger charge is -2.32. The minimum absolute atomic E-state index is 0. The van der Waals surface area contributed by atoms with Crippen LogP contribution in [-0.2, 0) is 4.79 Å². The normalized spacial score (nSPS) is 18.8. The zero-order valence-electron chi connectivity index (χ0n) is 9.28. The molecule has 1 fully saturated rings. The summed E-state index contributed by atoms with van der Waals surface area (Å²) in [5.74, 6) is -0.916. The summed E-state index contributed by atoms with van der Waals surface area (Å²) in [6.45, 7) is 1.55. The third kappa shape index (κ3) is 4.06. The number of halogens is 2. The van der Waals surface area contributed by atoms with Gasteiger partial charge in [-0.05, 0) is 25.0 Å². The van der Waals surface area contributed by atoms with Crippen LogP contribution in [0.1, 0.15) is 12.8 Å². The van der Waals surface area contributed by atoms with Crippen molar-refractivity contribution < 1.29 is 9.90 Å². The van der Waals surface area contributed by atoms with Crippen LogP contribution in [0.4, 0.5) is 5.69 Å². The number of piperidine rings is 1. The van der Waals surface area contributed by atoms with Crippen LogP contribution >= 0.6 is 24.8 Å². The first-order valence-electron chi connectivity index (χ1n) is 5.15. The molecule has 0 amide bonds. The van der Waals surface area contributed by atoms with Gasteiger partial charge in [0.05, 0.1) is 5.92 Å². The van der Waals surface area contributed by atoms with Crippen molar-refractivity contribution in [2.45, 2.75) is 12.8 Å². The van der Waals surface area contributed by atoms with Gasteiger partial charge in [0, 0.05) is 31.2 Å². The lowest BCUT2D eigenvalue weighted by molar-refractivity contribution is -0.141. The Hall–Kier alpha value is -1.00. The van der Waals surface area contributed by atoms with E-state index in [4.69, 9.17) is 5.11 Å². The number of nitrogens with zero attached hydrogens (tertiary/aromatic N) is 2. The highest BCUT2D eigenvalue weighted by Gasteiger charge is 2.25. The third-order valence-corrected chi connectivity index (χ3v) is 2.80. The summed E-state index contributed by atoms with van der Waals surface area (Å²) in [6.07, 6.45) is 5.20. The zero-order chi connectivity index (χ0) is 10.7. The van der Waals surface area contributed by atoms with Crippen molar-refractivity contribution in [2.75, 3.05) is 18.0 Å². The van der Waals surface area contributed by atoms with Gasteiger partial charge >= 0.3 is 5.97 Å². The van der Waals surface area contributed by atoms with E-state index in [1.54, 1.807) is 12.4 Å². The van der Waals surface area contributed by atoms with Gasteiger partial charge < -0.3 is 10.0 Å². The Balaban J connectivity index is 0.00000128. The van der Waals surface area contributed by atoms with E-state index in [1.165, 1.54) is 0 Å². The van der Waals surface area contributed by atoms with Crippen LogP contribution in [-0.4, -0.2) is 29.1 Å². The van der Waals surface area contributed by atoms with E-state index in [9.17, 15) is 4.79 Å². The summed E-state index contributed by atoms with van der Waals surface area (Å²) in [7, 11) is 0. The Labute approximate surface area is 113 Å². The number of anilines is 1. The number of aromatic nitrogens is 1. The molecule has 1 aromatic heterocycles. The Morgan fingerprint density at radius 1 is 1.35 bits per heavy atom. The number of carboxylic acids is 1. The van der Waals surface area contributed by atoms with Gasteiger partial charge in [-0.15, -0.1) is 24.8 Å². The molecule has 0 spiro atoms. The number of aliphatic carboxylic acids is 1. The summed E-state index contributed by atoms with van der Waals surface area (Å²) < 4.78 is 0. The fourth-order valence-electron chi connectivity index (χ4n) is 1.97. The van der Waals surface area contributed by atoms with Crippen LogP contribution in [0, 0.1) is 5.92 Å². The highest BCUT2D eigenvalue weighted by atomic mass is 35.5. The highest BCUT2D eigenvalue weighted by Crippen LogP contribution is 2.22. The lowest BCUT2D eigenvalue weighted by atomic mass is 9.98. The van der Waals surface area contributed by atoms with E-state index in [-0.39, 0.29) is 30.7 Å². The lowest BCUT2D eigenvalue weighted by Crippen LogP contribution is -2.38. The van der Waals surface area contributed by atoms with Gasteiger partial charge in [-0.1, -0.05) is 0 Å². The third-order valence-electron chi connectivity index (χ3n) is 2.80. The van der Waals surface area contributed by atoms with E-state index >= 15 is 0 Å². The molecule has 1 aromatic rings. The molecule has 6 heteroatoms. The van der Waals surface area contributed by atoms with E-state index in [2.05, 4.69) is 9.88 Å². The quantitative estimate of drug-likeness (QED) is 0.902. The first kappa shape index (κ1) is 16.0. The van der Waals surface area contributed by atoms with Crippen molar-refractivity contribution in [1.29, 1.82) is 0 Å². The van der Waals surface area contributed by atoms with Crippen molar-refractivity contribution in [3.63, 3.8) is 0 Å². The first-order valence-corrected chi connectivity index (χ1v) is 5.15. The Morgan fingerprint density at radius 3 is 2.59 bits per heavy atom. The molecule has 1 aliphatic heterocycles. The van der Waals surface area contributed by atoms with Gasteiger partial charge in [-0.25, -0.2) is 0 Å². The molecule has 0 saturated carbocycles. The summed E-state index contributed by atoms with van der Waals surface area (Å²) in [4.78, 5) is 17.0. The molecule has 1 atom stereocenters. The molecule has 1 unspecified atom stereocenters. The van der Waals surface area contributed by atoms with Crippen LogP contribution in [0.3, 0.4) is 0 Å². The summed E-state index contributed by atoms with van der Waals surface area (Å²) in [5.41, 5.74) is 1.07.